The Labute approximate surface area is 299 Å². The summed E-state index contributed by atoms with van der Waals surface area (Å²) in [6, 6.07) is 64.9. The van der Waals surface area contributed by atoms with Crippen molar-refractivity contribution in [2.45, 2.75) is 0 Å². The van der Waals surface area contributed by atoms with E-state index in [2.05, 4.69) is 191 Å². The predicted octanol–water partition coefficient (Wildman–Crippen LogP) is 12.3. The van der Waals surface area contributed by atoms with Gasteiger partial charge in [-0.05, 0) is 76.5 Å². The van der Waals surface area contributed by atoms with Crippen LogP contribution in [0.4, 0.5) is 0 Å². The molecular formula is C48H30N4. The molecule has 0 saturated heterocycles. The summed E-state index contributed by atoms with van der Waals surface area (Å²) in [6.45, 7) is 0. The molecule has 4 heteroatoms. The van der Waals surface area contributed by atoms with Gasteiger partial charge in [0, 0.05) is 38.2 Å². The second-order valence-corrected chi connectivity index (χ2v) is 13.5. The van der Waals surface area contributed by atoms with Crippen LogP contribution in [0, 0.1) is 0 Å². The van der Waals surface area contributed by atoms with Crippen LogP contribution in [0.3, 0.4) is 0 Å². The van der Waals surface area contributed by atoms with Crippen molar-refractivity contribution < 1.29 is 0 Å². The molecular weight excluding hydrogens is 633 g/mol. The van der Waals surface area contributed by atoms with E-state index < -0.39 is 0 Å². The highest BCUT2D eigenvalue weighted by Crippen LogP contribution is 2.39. The van der Waals surface area contributed by atoms with Crippen LogP contribution in [0.25, 0.3) is 99.3 Å². The Morgan fingerprint density at radius 3 is 1.69 bits per heavy atom. The first-order chi connectivity index (χ1) is 25.8. The molecule has 8 aromatic carbocycles. The van der Waals surface area contributed by atoms with E-state index >= 15 is 0 Å². The summed E-state index contributed by atoms with van der Waals surface area (Å²) < 4.78 is 4.61. The molecule has 0 saturated carbocycles. The summed E-state index contributed by atoms with van der Waals surface area (Å²) in [6.07, 6.45) is 0. The van der Waals surface area contributed by atoms with E-state index in [1.807, 2.05) is 0 Å². The fourth-order valence-electron chi connectivity index (χ4n) is 8.09. The second kappa shape index (κ2) is 11.2. The molecule has 3 aromatic heterocycles. The van der Waals surface area contributed by atoms with Gasteiger partial charge in [-0.3, -0.25) is 4.57 Å². The maximum Gasteiger partial charge on any atom is 0.235 e. The number of aromatic nitrogens is 4. The van der Waals surface area contributed by atoms with Crippen molar-refractivity contribution in [2.24, 2.45) is 0 Å². The third-order valence-electron chi connectivity index (χ3n) is 10.5. The number of para-hydroxylation sites is 3. The van der Waals surface area contributed by atoms with E-state index in [1.54, 1.807) is 0 Å². The normalized spacial score (nSPS) is 11.8. The van der Waals surface area contributed by atoms with Crippen molar-refractivity contribution in [2.75, 3.05) is 0 Å². The summed E-state index contributed by atoms with van der Waals surface area (Å²) >= 11 is 0. The Morgan fingerprint density at radius 1 is 0.327 bits per heavy atom. The van der Waals surface area contributed by atoms with Gasteiger partial charge in [-0.1, -0.05) is 127 Å². The SMILES string of the molecule is c1ccc(-c2ccc3c(-c4ccc5c6ccccc6n(-c6ccccc6)c5c4)nc(-n4c5ccccc5c5cc6ccccc6cc54)nc3c2)cc1. The van der Waals surface area contributed by atoms with Gasteiger partial charge in [0.25, 0.3) is 0 Å². The van der Waals surface area contributed by atoms with Gasteiger partial charge in [0.15, 0.2) is 0 Å². The number of hydrogen-bond donors (Lipinski definition) is 0. The van der Waals surface area contributed by atoms with Crippen molar-refractivity contribution in [3.63, 3.8) is 0 Å². The standard InChI is InChI=1S/C48H30N4/c1-3-13-31(14-4-1)34-23-26-40-42(28-34)49-48(52-44-22-12-10-20-38(44)41-27-32-15-7-8-16-33(32)29-46(41)52)50-47(40)35-24-25-39-37-19-9-11-21-43(37)51(45(39)30-35)36-17-5-2-6-18-36/h1-30H. The van der Waals surface area contributed by atoms with Crippen LogP contribution in [0.2, 0.25) is 0 Å². The molecule has 0 aliphatic rings. The second-order valence-electron chi connectivity index (χ2n) is 13.5. The van der Waals surface area contributed by atoms with Crippen LogP contribution < -0.4 is 0 Å². The van der Waals surface area contributed by atoms with Crippen molar-refractivity contribution in [3.8, 4) is 34.0 Å². The fourth-order valence-corrected chi connectivity index (χ4v) is 8.09. The summed E-state index contributed by atoms with van der Waals surface area (Å²) in [5.74, 6) is 0.651. The van der Waals surface area contributed by atoms with E-state index in [9.17, 15) is 0 Å². The van der Waals surface area contributed by atoms with Crippen LogP contribution in [0.5, 0.6) is 0 Å². The van der Waals surface area contributed by atoms with Crippen molar-refractivity contribution in [3.05, 3.63) is 182 Å². The molecule has 0 aliphatic carbocycles. The summed E-state index contributed by atoms with van der Waals surface area (Å²) in [7, 11) is 0. The zero-order valence-electron chi connectivity index (χ0n) is 28.1. The number of rotatable bonds is 4. The Morgan fingerprint density at radius 2 is 0.904 bits per heavy atom. The van der Waals surface area contributed by atoms with Gasteiger partial charge in [0.05, 0.1) is 33.3 Å². The lowest BCUT2D eigenvalue weighted by atomic mass is 10.0. The zero-order chi connectivity index (χ0) is 34.2. The minimum absolute atomic E-state index is 0.651. The van der Waals surface area contributed by atoms with Crippen LogP contribution >= 0.6 is 0 Å². The monoisotopic (exact) mass is 662 g/mol. The van der Waals surface area contributed by atoms with E-state index in [0.29, 0.717) is 5.95 Å². The molecule has 0 atom stereocenters. The molecule has 11 aromatic rings. The van der Waals surface area contributed by atoms with Gasteiger partial charge in [-0.25, -0.2) is 9.97 Å². The van der Waals surface area contributed by atoms with Crippen molar-refractivity contribution in [1.29, 1.82) is 0 Å². The first-order valence-electron chi connectivity index (χ1n) is 17.7. The van der Waals surface area contributed by atoms with Gasteiger partial charge < -0.3 is 4.57 Å². The molecule has 0 N–H and O–H groups in total. The lowest BCUT2D eigenvalue weighted by molar-refractivity contribution is 1.01. The van der Waals surface area contributed by atoms with Gasteiger partial charge >= 0.3 is 0 Å². The maximum absolute atomic E-state index is 5.50. The molecule has 11 rings (SSSR count). The van der Waals surface area contributed by atoms with Gasteiger partial charge in [0.2, 0.25) is 5.95 Å². The van der Waals surface area contributed by atoms with E-state index in [0.717, 1.165) is 55.5 Å². The van der Waals surface area contributed by atoms with Crippen molar-refractivity contribution in [1.82, 2.24) is 19.1 Å². The summed E-state index contributed by atoms with van der Waals surface area (Å²) in [5, 5.41) is 8.22. The predicted molar refractivity (Wildman–Crippen MR) is 217 cm³/mol. The molecule has 0 amide bonds. The van der Waals surface area contributed by atoms with E-state index in [4.69, 9.17) is 9.97 Å². The number of benzene rings is 8. The smallest absolute Gasteiger partial charge is 0.235 e. The van der Waals surface area contributed by atoms with Crippen LogP contribution in [0.1, 0.15) is 0 Å². The quantitative estimate of drug-likeness (QED) is 0.188. The molecule has 0 unspecified atom stereocenters. The molecule has 3 heterocycles. The maximum atomic E-state index is 5.50. The highest BCUT2D eigenvalue weighted by Gasteiger charge is 2.20. The molecule has 0 bridgehead atoms. The van der Waals surface area contributed by atoms with Gasteiger partial charge in [-0.2, -0.15) is 0 Å². The van der Waals surface area contributed by atoms with E-state index in [-0.39, 0.29) is 0 Å². The lowest BCUT2D eigenvalue weighted by Gasteiger charge is -2.14. The first kappa shape index (κ1) is 28.8. The molecule has 0 aliphatic heterocycles. The number of fused-ring (bicyclic) bond motifs is 8. The Bertz CT molecular complexity index is 3170. The van der Waals surface area contributed by atoms with Crippen LogP contribution in [-0.4, -0.2) is 19.1 Å². The highest BCUT2D eigenvalue weighted by atomic mass is 15.2. The molecule has 0 radical (unpaired) electrons. The van der Waals surface area contributed by atoms with Crippen LogP contribution in [0.15, 0.2) is 182 Å². The Hall–Kier alpha value is -7.04. The minimum atomic E-state index is 0.651. The third kappa shape index (κ3) is 4.34. The Balaban J connectivity index is 1.23. The molecule has 0 fully saturated rings. The summed E-state index contributed by atoms with van der Waals surface area (Å²) in [4.78, 5) is 10.9. The average molecular weight is 663 g/mol. The van der Waals surface area contributed by atoms with Crippen LogP contribution in [-0.2, 0) is 0 Å². The molecule has 0 spiro atoms. The number of nitrogens with zero attached hydrogens (tertiary/aromatic N) is 4. The molecule has 4 nitrogen and oxygen atoms in total. The first-order valence-corrected chi connectivity index (χ1v) is 17.7. The highest BCUT2D eigenvalue weighted by molar-refractivity contribution is 6.14. The third-order valence-corrected chi connectivity index (χ3v) is 10.5. The van der Waals surface area contributed by atoms with Crippen molar-refractivity contribution >= 4 is 65.3 Å². The average Bonchev–Trinajstić information content (AvgIpc) is 3.72. The molecule has 52 heavy (non-hydrogen) atoms. The summed E-state index contributed by atoms with van der Waals surface area (Å²) in [5.41, 5.74) is 10.7. The molecule has 242 valence electrons. The Kier molecular flexibility index (Phi) is 6.22. The topological polar surface area (TPSA) is 35.6 Å². The zero-order valence-corrected chi connectivity index (χ0v) is 28.1. The van der Waals surface area contributed by atoms with Gasteiger partial charge in [0.1, 0.15) is 0 Å². The number of hydrogen-bond acceptors (Lipinski definition) is 2. The minimum Gasteiger partial charge on any atom is -0.309 e. The van der Waals surface area contributed by atoms with E-state index in [1.165, 1.54) is 37.8 Å². The largest absolute Gasteiger partial charge is 0.309 e. The lowest BCUT2D eigenvalue weighted by Crippen LogP contribution is -2.04. The van der Waals surface area contributed by atoms with Gasteiger partial charge in [-0.15, -0.1) is 0 Å². The fraction of sp³-hybridized carbons (Fsp3) is 0.